The molecule has 1 aromatic rings. The third-order valence-electron chi connectivity index (χ3n) is 3.09. The molecule has 1 unspecified atom stereocenters. The number of rotatable bonds is 5. The Bertz CT molecular complexity index is 339. The van der Waals surface area contributed by atoms with E-state index < -0.39 is 0 Å². The molecular weight excluding hydrogens is 200 g/mol. The second-order valence-corrected chi connectivity index (χ2v) is 4.27. The summed E-state index contributed by atoms with van der Waals surface area (Å²) in [4.78, 5) is 2.27. The van der Waals surface area contributed by atoms with Gasteiger partial charge in [0.25, 0.3) is 0 Å². The van der Waals surface area contributed by atoms with Crippen LogP contribution >= 0.6 is 0 Å². The Labute approximate surface area is 98.2 Å². The van der Waals surface area contributed by atoms with E-state index >= 15 is 0 Å². The topological polar surface area (TPSA) is 38.5 Å². The molecule has 0 aliphatic heterocycles. The number of nitrogens with two attached hydrogens (primary N) is 1. The van der Waals surface area contributed by atoms with Gasteiger partial charge < -0.3 is 10.5 Å². The average Bonchev–Trinajstić information content (AvgIpc) is 2.28. The molecule has 0 saturated heterocycles. The lowest BCUT2D eigenvalue weighted by Gasteiger charge is -2.25. The summed E-state index contributed by atoms with van der Waals surface area (Å²) in [6.07, 6.45) is 0. The van der Waals surface area contributed by atoms with Gasteiger partial charge in [0.2, 0.25) is 0 Å². The van der Waals surface area contributed by atoms with E-state index in [-0.39, 0.29) is 0 Å². The van der Waals surface area contributed by atoms with Gasteiger partial charge >= 0.3 is 0 Å². The first kappa shape index (κ1) is 13.0. The predicted octanol–water partition coefficient (Wildman–Crippen LogP) is 2.22. The molecule has 0 amide bonds. The van der Waals surface area contributed by atoms with E-state index in [0.717, 1.165) is 24.4 Å². The van der Waals surface area contributed by atoms with Crippen LogP contribution in [0.4, 0.5) is 5.69 Å². The zero-order chi connectivity index (χ0) is 12.1. The maximum Gasteiger partial charge on any atom is 0.0589 e. The van der Waals surface area contributed by atoms with E-state index in [1.165, 1.54) is 5.56 Å². The lowest BCUT2D eigenvalue weighted by atomic mass is 10.0. The van der Waals surface area contributed by atoms with E-state index in [9.17, 15) is 0 Å². The van der Waals surface area contributed by atoms with Crippen molar-refractivity contribution < 1.29 is 4.74 Å². The standard InChI is InChI=1S/C13H22N2O/c1-10-9-12(5-6-13(10)14)11(2)15(3)7-8-16-4/h5-6,9,11H,7-8,14H2,1-4H3. The highest BCUT2D eigenvalue weighted by molar-refractivity contribution is 5.48. The number of nitrogen functional groups attached to an aromatic ring is 1. The van der Waals surface area contributed by atoms with Gasteiger partial charge in [-0.2, -0.15) is 0 Å². The van der Waals surface area contributed by atoms with Gasteiger partial charge in [-0.15, -0.1) is 0 Å². The number of methoxy groups -OCH3 is 1. The smallest absolute Gasteiger partial charge is 0.0589 e. The molecule has 1 atom stereocenters. The van der Waals surface area contributed by atoms with Crippen molar-refractivity contribution >= 4 is 5.69 Å². The molecule has 16 heavy (non-hydrogen) atoms. The van der Waals surface area contributed by atoms with Gasteiger partial charge in [-0.1, -0.05) is 12.1 Å². The molecule has 3 nitrogen and oxygen atoms in total. The van der Waals surface area contributed by atoms with Crippen molar-refractivity contribution in [3.8, 4) is 0 Å². The van der Waals surface area contributed by atoms with Crippen LogP contribution in [0.15, 0.2) is 18.2 Å². The zero-order valence-electron chi connectivity index (χ0n) is 10.7. The molecule has 2 N–H and O–H groups in total. The molecule has 0 aliphatic carbocycles. The van der Waals surface area contributed by atoms with Gasteiger partial charge in [-0.3, -0.25) is 4.90 Å². The first-order valence-electron chi connectivity index (χ1n) is 5.61. The Morgan fingerprint density at radius 2 is 2.12 bits per heavy atom. The summed E-state index contributed by atoms with van der Waals surface area (Å²) in [6.45, 7) is 5.93. The number of aryl methyl sites for hydroxylation is 1. The highest BCUT2D eigenvalue weighted by atomic mass is 16.5. The quantitative estimate of drug-likeness (QED) is 0.776. The van der Waals surface area contributed by atoms with Gasteiger partial charge in [-0.25, -0.2) is 0 Å². The third kappa shape index (κ3) is 3.22. The molecule has 0 saturated carbocycles. The van der Waals surface area contributed by atoms with Crippen LogP contribution in [-0.2, 0) is 4.74 Å². The van der Waals surface area contributed by atoms with Gasteiger partial charge in [0.15, 0.2) is 0 Å². The van der Waals surface area contributed by atoms with Crippen molar-refractivity contribution in [1.82, 2.24) is 4.90 Å². The summed E-state index contributed by atoms with van der Waals surface area (Å²) in [5, 5.41) is 0. The van der Waals surface area contributed by atoms with Gasteiger partial charge in [0.1, 0.15) is 0 Å². The van der Waals surface area contributed by atoms with E-state index in [0.29, 0.717) is 6.04 Å². The van der Waals surface area contributed by atoms with Crippen LogP contribution in [0, 0.1) is 6.92 Å². The first-order valence-corrected chi connectivity index (χ1v) is 5.61. The minimum atomic E-state index is 0.384. The second kappa shape index (κ2) is 5.87. The fourth-order valence-electron chi connectivity index (χ4n) is 1.64. The molecule has 0 radical (unpaired) electrons. The molecular formula is C13H22N2O. The number of hydrogen-bond donors (Lipinski definition) is 1. The van der Waals surface area contributed by atoms with Crippen molar-refractivity contribution in [2.75, 3.05) is 33.0 Å². The Morgan fingerprint density at radius 1 is 1.44 bits per heavy atom. The lowest BCUT2D eigenvalue weighted by Crippen LogP contribution is -2.26. The summed E-state index contributed by atoms with van der Waals surface area (Å²) < 4.78 is 5.08. The fraction of sp³-hybridized carbons (Fsp3) is 0.538. The summed E-state index contributed by atoms with van der Waals surface area (Å²) in [6, 6.07) is 6.61. The van der Waals surface area contributed by atoms with Crippen molar-refractivity contribution in [2.24, 2.45) is 0 Å². The highest BCUT2D eigenvalue weighted by Gasteiger charge is 2.11. The fourth-order valence-corrected chi connectivity index (χ4v) is 1.64. The molecule has 1 rings (SSSR count). The highest BCUT2D eigenvalue weighted by Crippen LogP contribution is 2.22. The van der Waals surface area contributed by atoms with Crippen LogP contribution in [0.3, 0.4) is 0 Å². The Kier molecular flexibility index (Phi) is 4.77. The summed E-state index contributed by atoms with van der Waals surface area (Å²) in [7, 11) is 3.83. The van der Waals surface area contributed by atoms with E-state index in [4.69, 9.17) is 10.5 Å². The second-order valence-electron chi connectivity index (χ2n) is 4.27. The van der Waals surface area contributed by atoms with Crippen molar-refractivity contribution in [3.05, 3.63) is 29.3 Å². The van der Waals surface area contributed by atoms with E-state index in [2.05, 4.69) is 31.0 Å². The number of likely N-dealkylation sites (N-methyl/N-ethyl adjacent to an activating group) is 1. The molecule has 0 bridgehead atoms. The molecule has 0 heterocycles. The average molecular weight is 222 g/mol. The minimum Gasteiger partial charge on any atom is -0.399 e. The van der Waals surface area contributed by atoms with E-state index in [1.807, 2.05) is 13.0 Å². The number of benzene rings is 1. The summed E-state index contributed by atoms with van der Waals surface area (Å²) in [5.74, 6) is 0. The molecule has 90 valence electrons. The van der Waals surface area contributed by atoms with Gasteiger partial charge in [0, 0.05) is 25.4 Å². The molecule has 0 aromatic heterocycles. The van der Waals surface area contributed by atoms with Gasteiger partial charge in [0.05, 0.1) is 6.61 Å². The number of hydrogen-bond acceptors (Lipinski definition) is 3. The third-order valence-corrected chi connectivity index (χ3v) is 3.09. The van der Waals surface area contributed by atoms with Crippen LogP contribution in [-0.4, -0.2) is 32.2 Å². The monoisotopic (exact) mass is 222 g/mol. The van der Waals surface area contributed by atoms with Crippen molar-refractivity contribution in [1.29, 1.82) is 0 Å². The number of ether oxygens (including phenoxy) is 1. The molecule has 0 fully saturated rings. The van der Waals surface area contributed by atoms with Crippen LogP contribution < -0.4 is 5.73 Å². The van der Waals surface area contributed by atoms with E-state index in [1.54, 1.807) is 7.11 Å². The number of anilines is 1. The van der Waals surface area contributed by atoms with Crippen molar-refractivity contribution in [2.45, 2.75) is 19.9 Å². The molecule has 3 heteroatoms. The first-order chi connectivity index (χ1) is 7.56. The zero-order valence-corrected chi connectivity index (χ0v) is 10.7. The minimum absolute atomic E-state index is 0.384. The molecule has 0 spiro atoms. The maximum absolute atomic E-state index is 5.81. The molecule has 0 aliphatic rings. The summed E-state index contributed by atoms with van der Waals surface area (Å²) >= 11 is 0. The van der Waals surface area contributed by atoms with Crippen LogP contribution in [0.25, 0.3) is 0 Å². The Hall–Kier alpha value is -1.06. The normalized spacial score (nSPS) is 13.1. The molecule has 1 aromatic carbocycles. The Morgan fingerprint density at radius 3 is 2.69 bits per heavy atom. The SMILES string of the molecule is COCCN(C)C(C)c1ccc(N)c(C)c1. The van der Waals surface area contributed by atoms with Crippen LogP contribution in [0.2, 0.25) is 0 Å². The van der Waals surface area contributed by atoms with Crippen LogP contribution in [0.5, 0.6) is 0 Å². The van der Waals surface area contributed by atoms with Crippen LogP contribution in [0.1, 0.15) is 24.1 Å². The number of nitrogens with zero attached hydrogens (tertiary/aromatic N) is 1. The largest absolute Gasteiger partial charge is 0.399 e. The summed E-state index contributed by atoms with van der Waals surface area (Å²) in [5.41, 5.74) is 9.11. The maximum atomic E-state index is 5.81. The van der Waals surface area contributed by atoms with Crippen molar-refractivity contribution in [3.63, 3.8) is 0 Å². The van der Waals surface area contributed by atoms with Gasteiger partial charge in [-0.05, 0) is 38.1 Å². The lowest BCUT2D eigenvalue weighted by molar-refractivity contribution is 0.143. The predicted molar refractivity (Wildman–Crippen MR) is 68.5 cm³/mol. The Balaban J connectivity index is 2.71.